The van der Waals surface area contributed by atoms with Crippen LogP contribution in [0.25, 0.3) is 0 Å². The predicted molar refractivity (Wildman–Crippen MR) is 62.7 cm³/mol. The van der Waals surface area contributed by atoms with Crippen LogP contribution in [0.1, 0.15) is 41.0 Å². The van der Waals surface area contributed by atoms with Crippen LogP contribution >= 0.6 is 12.6 Å². The summed E-state index contributed by atoms with van der Waals surface area (Å²) in [6.07, 6.45) is 1.51. The van der Waals surface area contributed by atoms with E-state index in [4.69, 9.17) is 8.85 Å². The normalized spacial score (nSPS) is 14.5. The molecule has 0 fully saturated rings. The van der Waals surface area contributed by atoms with Crippen molar-refractivity contribution in [3.63, 3.8) is 0 Å². The van der Waals surface area contributed by atoms with Gasteiger partial charge in [0.25, 0.3) is 0 Å². The summed E-state index contributed by atoms with van der Waals surface area (Å²) in [5.41, 5.74) is 0. The Morgan fingerprint density at radius 2 is 1.46 bits per heavy atom. The highest BCUT2D eigenvalue weighted by Crippen LogP contribution is 2.12. The van der Waals surface area contributed by atoms with Crippen LogP contribution in [0, 0.1) is 0 Å². The SMILES string of the molecule is CCC(S)[SiH](OC(C)C)OC(C)C. The van der Waals surface area contributed by atoms with Crippen LogP contribution in [0.15, 0.2) is 0 Å². The van der Waals surface area contributed by atoms with E-state index in [1.54, 1.807) is 0 Å². The lowest BCUT2D eigenvalue weighted by Crippen LogP contribution is -2.37. The molecule has 0 aromatic heterocycles. The van der Waals surface area contributed by atoms with Crippen molar-refractivity contribution >= 4 is 21.9 Å². The third kappa shape index (κ3) is 6.54. The van der Waals surface area contributed by atoms with Crippen molar-refractivity contribution in [3.05, 3.63) is 0 Å². The van der Waals surface area contributed by atoms with Gasteiger partial charge in [-0.15, -0.1) is 0 Å². The van der Waals surface area contributed by atoms with Crippen molar-refractivity contribution in [2.24, 2.45) is 0 Å². The van der Waals surface area contributed by atoms with E-state index in [-0.39, 0.29) is 12.2 Å². The largest absolute Gasteiger partial charge is 0.393 e. The zero-order valence-electron chi connectivity index (χ0n) is 9.28. The highest BCUT2D eigenvalue weighted by Gasteiger charge is 2.23. The third-order valence-electron chi connectivity index (χ3n) is 1.55. The molecule has 0 rings (SSSR count). The Hall–Kier alpha value is 0.487. The summed E-state index contributed by atoms with van der Waals surface area (Å²) in [4.78, 5) is 0.296. The van der Waals surface area contributed by atoms with Gasteiger partial charge in [-0.25, -0.2) is 0 Å². The molecule has 0 aliphatic carbocycles. The van der Waals surface area contributed by atoms with Crippen LogP contribution in [0.3, 0.4) is 0 Å². The summed E-state index contributed by atoms with van der Waals surface area (Å²) < 4.78 is 11.5. The van der Waals surface area contributed by atoms with Crippen LogP contribution in [0.5, 0.6) is 0 Å². The number of thiol groups is 1. The maximum absolute atomic E-state index is 5.75. The van der Waals surface area contributed by atoms with Crippen LogP contribution in [0.2, 0.25) is 0 Å². The highest BCUT2D eigenvalue weighted by molar-refractivity contribution is 7.82. The molecule has 4 heteroatoms. The van der Waals surface area contributed by atoms with Gasteiger partial charge in [0.15, 0.2) is 0 Å². The van der Waals surface area contributed by atoms with Gasteiger partial charge >= 0.3 is 9.28 Å². The van der Waals surface area contributed by atoms with E-state index in [2.05, 4.69) is 19.6 Å². The molecular weight excluding hydrogens is 200 g/mol. The Labute approximate surface area is 89.3 Å². The van der Waals surface area contributed by atoms with Gasteiger partial charge in [0.05, 0.1) is 0 Å². The molecule has 0 aromatic carbocycles. The molecule has 0 spiro atoms. The molecule has 0 saturated carbocycles. The lowest BCUT2D eigenvalue weighted by molar-refractivity contribution is 0.128. The first-order valence-corrected chi connectivity index (χ1v) is 7.08. The van der Waals surface area contributed by atoms with E-state index < -0.39 is 9.28 Å². The summed E-state index contributed by atoms with van der Waals surface area (Å²) in [5.74, 6) is 0. The van der Waals surface area contributed by atoms with Crippen molar-refractivity contribution in [1.29, 1.82) is 0 Å². The molecule has 1 atom stereocenters. The molecule has 0 aliphatic rings. The maximum atomic E-state index is 5.75. The number of hydrogen-bond acceptors (Lipinski definition) is 3. The standard InChI is InChI=1S/C9H22O2SSi/c1-6-9(12)13(10-7(2)3)11-8(4)5/h7-9,12-13H,6H2,1-5H3. The lowest BCUT2D eigenvalue weighted by atomic mass is 10.5. The highest BCUT2D eigenvalue weighted by atomic mass is 32.1. The first-order chi connectivity index (χ1) is 5.97. The average Bonchev–Trinajstić information content (AvgIpc) is 2.00. The van der Waals surface area contributed by atoms with Crippen LogP contribution in [-0.4, -0.2) is 26.4 Å². The molecule has 0 amide bonds. The molecule has 1 unspecified atom stereocenters. The molecule has 0 heterocycles. The number of rotatable bonds is 6. The minimum atomic E-state index is -1.58. The first kappa shape index (κ1) is 13.5. The van der Waals surface area contributed by atoms with Gasteiger partial charge in [0.2, 0.25) is 0 Å². The zero-order chi connectivity index (χ0) is 10.4. The van der Waals surface area contributed by atoms with Crippen molar-refractivity contribution in [2.75, 3.05) is 0 Å². The lowest BCUT2D eigenvalue weighted by Gasteiger charge is -2.25. The van der Waals surface area contributed by atoms with Gasteiger partial charge in [-0.2, -0.15) is 12.6 Å². The fourth-order valence-corrected chi connectivity index (χ4v) is 3.25. The summed E-state index contributed by atoms with van der Waals surface area (Å²) >= 11 is 4.49. The molecule has 13 heavy (non-hydrogen) atoms. The second-order valence-electron chi connectivity index (χ2n) is 3.71. The predicted octanol–water partition coefficient (Wildman–Crippen LogP) is 2.30. The first-order valence-electron chi connectivity index (χ1n) is 4.96. The van der Waals surface area contributed by atoms with Gasteiger partial charge in [0, 0.05) is 17.1 Å². The van der Waals surface area contributed by atoms with Gasteiger partial charge < -0.3 is 8.85 Å². The monoisotopic (exact) mass is 222 g/mol. The summed E-state index contributed by atoms with van der Waals surface area (Å²) in [7, 11) is -1.58. The Bertz CT molecular complexity index is 121. The second kappa shape index (κ2) is 6.87. The molecule has 0 bridgehead atoms. The number of hydrogen-bond donors (Lipinski definition) is 1. The summed E-state index contributed by atoms with van der Waals surface area (Å²) in [6.45, 7) is 10.3. The fourth-order valence-electron chi connectivity index (χ4n) is 0.942. The quantitative estimate of drug-likeness (QED) is 0.549. The van der Waals surface area contributed by atoms with Crippen LogP contribution < -0.4 is 0 Å². The average molecular weight is 222 g/mol. The van der Waals surface area contributed by atoms with Crippen LogP contribution in [0.4, 0.5) is 0 Å². The van der Waals surface area contributed by atoms with E-state index in [1.807, 2.05) is 27.7 Å². The van der Waals surface area contributed by atoms with Crippen molar-refractivity contribution < 1.29 is 8.85 Å². The topological polar surface area (TPSA) is 18.5 Å². The zero-order valence-corrected chi connectivity index (χ0v) is 11.3. The minimum Gasteiger partial charge on any atom is -0.393 e. The molecule has 0 aliphatic heterocycles. The maximum Gasteiger partial charge on any atom is 0.335 e. The van der Waals surface area contributed by atoms with Crippen molar-refractivity contribution in [3.8, 4) is 0 Å². The molecule has 0 saturated heterocycles. The van der Waals surface area contributed by atoms with Gasteiger partial charge in [-0.05, 0) is 34.1 Å². The fraction of sp³-hybridized carbons (Fsp3) is 1.00. The summed E-state index contributed by atoms with van der Waals surface area (Å²) in [5, 5.41) is 0. The Morgan fingerprint density at radius 3 is 1.69 bits per heavy atom. The van der Waals surface area contributed by atoms with E-state index in [0.29, 0.717) is 4.87 Å². The molecule has 0 radical (unpaired) electrons. The van der Waals surface area contributed by atoms with Gasteiger partial charge in [-0.1, -0.05) is 6.92 Å². The van der Waals surface area contributed by atoms with E-state index in [9.17, 15) is 0 Å². The van der Waals surface area contributed by atoms with Gasteiger partial charge in [0.1, 0.15) is 0 Å². The summed E-state index contributed by atoms with van der Waals surface area (Å²) in [6, 6.07) is 0. The molecule has 80 valence electrons. The Kier molecular flexibility index (Phi) is 7.13. The molecule has 0 aromatic rings. The smallest absolute Gasteiger partial charge is 0.335 e. The Morgan fingerprint density at radius 1 is 1.08 bits per heavy atom. The molecule has 2 nitrogen and oxygen atoms in total. The van der Waals surface area contributed by atoms with E-state index in [0.717, 1.165) is 6.42 Å². The van der Waals surface area contributed by atoms with Gasteiger partial charge in [-0.3, -0.25) is 0 Å². The Balaban J connectivity index is 4.02. The van der Waals surface area contributed by atoms with Crippen molar-refractivity contribution in [2.45, 2.75) is 58.1 Å². The van der Waals surface area contributed by atoms with Crippen LogP contribution in [-0.2, 0) is 8.85 Å². The molecular formula is C9H22O2SSi. The minimum absolute atomic E-state index is 0.247. The molecule has 0 N–H and O–H groups in total. The van der Waals surface area contributed by atoms with E-state index in [1.165, 1.54) is 0 Å². The second-order valence-corrected chi connectivity index (χ2v) is 7.02. The van der Waals surface area contributed by atoms with E-state index >= 15 is 0 Å². The van der Waals surface area contributed by atoms with Crippen molar-refractivity contribution in [1.82, 2.24) is 0 Å². The third-order valence-corrected chi connectivity index (χ3v) is 5.37.